The van der Waals surface area contributed by atoms with E-state index in [1.807, 2.05) is 0 Å². The average molecular weight is 392 g/mol. The summed E-state index contributed by atoms with van der Waals surface area (Å²) in [5.74, 6) is -0.990. The Morgan fingerprint density at radius 1 is 0.870 bits per heavy atom. The summed E-state index contributed by atoms with van der Waals surface area (Å²) in [5, 5.41) is 1.33. The van der Waals surface area contributed by atoms with Crippen LogP contribution in [-0.2, 0) is 16.0 Å². The van der Waals surface area contributed by atoms with Crippen molar-refractivity contribution in [3.8, 4) is 0 Å². The van der Waals surface area contributed by atoms with Crippen molar-refractivity contribution < 1.29 is 14.3 Å². The zero-order chi connectivity index (χ0) is 17.0. The quantitative estimate of drug-likeness (QED) is 0.515. The van der Waals surface area contributed by atoms with Crippen molar-refractivity contribution in [3.63, 3.8) is 0 Å². The third-order valence-corrected chi connectivity index (χ3v) is 4.44. The zero-order valence-corrected chi connectivity index (χ0v) is 14.6. The molecule has 0 bridgehead atoms. The Labute approximate surface area is 153 Å². The van der Waals surface area contributed by atoms with Gasteiger partial charge in [0, 0.05) is 21.2 Å². The van der Waals surface area contributed by atoms with Gasteiger partial charge in [-0.1, -0.05) is 52.5 Å². The van der Waals surface area contributed by atoms with Crippen LogP contribution in [0.2, 0.25) is 20.1 Å². The Morgan fingerprint density at radius 3 is 2.13 bits per heavy atom. The third kappa shape index (κ3) is 4.85. The summed E-state index contributed by atoms with van der Waals surface area (Å²) in [7, 11) is 0. The summed E-state index contributed by atoms with van der Waals surface area (Å²) in [6, 6.07) is 9.35. The summed E-state index contributed by atoms with van der Waals surface area (Å²) in [4.78, 5) is 23.8. The van der Waals surface area contributed by atoms with Gasteiger partial charge in [-0.2, -0.15) is 0 Å². The largest absolute Gasteiger partial charge is 0.457 e. The molecule has 0 saturated heterocycles. The highest BCUT2D eigenvalue weighted by Gasteiger charge is 2.15. The van der Waals surface area contributed by atoms with Gasteiger partial charge >= 0.3 is 5.97 Å². The Kier molecular flexibility index (Phi) is 6.31. The fraction of sp³-hybridized carbons (Fsp3) is 0.125. The normalized spacial score (nSPS) is 10.4. The minimum atomic E-state index is -0.603. The molecule has 0 unspecified atom stereocenters. The fourth-order valence-corrected chi connectivity index (χ4v) is 2.62. The topological polar surface area (TPSA) is 43.4 Å². The molecule has 0 N–H and O–H groups in total. The Hall–Kier alpha value is -1.26. The number of carbonyl (C=O) groups is 2. The number of carbonyl (C=O) groups excluding carboxylic acids is 2. The lowest BCUT2D eigenvalue weighted by atomic mass is 10.1. The summed E-state index contributed by atoms with van der Waals surface area (Å²) in [6.45, 7) is -0.404. The van der Waals surface area contributed by atoms with E-state index < -0.39 is 12.6 Å². The molecule has 0 aliphatic carbocycles. The first-order chi connectivity index (χ1) is 10.9. The van der Waals surface area contributed by atoms with Gasteiger partial charge in [-0.05, 0) is 30.3 Å². The van der Waals surface area contributed by atoms with E-state index in [0.29, 0.717) is 26.2 Å². The highest BCUT2D eigenvalue weighted by Crippen LogP contribution is 2.25. The first-order valence-corrected chi connectivity index (χ1v) is 7.96. The van der Waals surface area contributed by atoms with E-state index in [1.165, 1.54) is 18.2 Å². The van der Waals surface area contributed by atoms with Crippen LogP contribution >= 0.6 is 46.4 Å². The molecule has 0 fully saturated rings. The Morgan fingerprint density at radius 2 is 1.52 bits per heavy atom. The average Bonchev–Trinajstić information content (AvgIpc) is 2.51. The molecule has 0 spiro atoms. The summed E-state index contributed by atoms with van der Waals surface area (Å²) < 4.78 is 4.96. The Bertz CT molecular complexity index is 739. The molecule has 0 atom stereocenters. The summed E-state index contributed by atoms with van der Waals surface area (Å²) >= 11 is 23.6. The van der Waals surface area contributed by atoms with E-state index in [4.69, 9.17) is 51.1 Å². The van der Waals surface area contributed by atoms with Crippen LogP contribution in [0.5, 0.6) is 0 Å². The van der Waals surface area contributed by atoms with Gasteiger partial charge in [-0.15, -0.1) is 0 Å². The van der Waals surface area contributed by atoms with Crippen molar-refractivity contribution >= 4 is 58.2 Å². The minimum absolute atomic E-state index is 0.118. The monoisotopic (exact) mass is 390 g/mol. The Balaban J connectivity index is 1.96. The molecule has 7 heteroatoms. The van der Waals surface area contributed by atoms with Gasteiger partial charge in [0.1, 0.15) is 0 Å². The van der Waals surface area contributed by atoms with E-state index in [1.54, 1.807) is 18.2 Å². The lowest BCUT2D eigenvalue weighted by Crippen LogP contribution is -2.16. The van der Waals surface area contributed by atoms with Gasteiger partial charge in [0.15, 0.2) is 12.4 Å². The molecule has 0 aliphatic rings. The van der Waals surface area contributed by atoms with E-state index in [-0.39, 0.29) is 17.2 Å². The number of esters is 1. The predicted octanol–water partition coefficient (Wildman–Crippen LogP) is 5.27. The van der Waals surface area contributed by atoms with Gasteiger partial charge in [-0.25, -0.2) is 0 Å². The standard InChI is InChI=1S/C16H10Cl4O3/c17-11-2-1-3-12(18)10(11)7-16(22)23-8-15(21)9-4-5-13(19)14(20)6-9/h1-6H,7-8H2. The van der Waals surface area contributed by atoms with Crippen LogP contribution in [0.15, 0.2) is 36.4 Å². The number of Topliss-reactive ketones (excluding diaryl/α,β-unsaturated/α-hetero) is 1. The maximum absolute atomic E-state index is 12.0. The van der Waals surface area contributed by atoms with E-state index in [0.717, 1.165) is 0 Å². The van der Waals surface area contributed by atoms with Gasteiger partial charge in [0.25, 0.3) is 0 Å². The van der Waals surface area contributed by atoms with Crippen molar-refractivity contribution in [2.45, 2.75) is 6.42 Å². The molecule has 0 amide bonds. The molecular weight excluding hydrogens is 382 g/mol. The van der Waals surface area contributed by atoms with Crippen LogP contribution in [0.4, 0.5) is 0 Å². The van der Waals surface area contributed by atoms with Crippen LogP contribution in [0, 0.1) is 0 Å². The lowest BCUT2D eigenvalue weighted by molar-refractivity contribution is -0.141. The number of hydrogen-bond donors (Lipinski definition) is 0. The van der Waals surface area contributed by atoms with Crippen LogP contribution < -0.4 is 0 Å². The number of halogens is 4. The summed E-state index contributed by atoms with van der Waals surface area (Å²) in [5.41, 5.74) is 0.769. The predicted molar refractivity (Wildman–Crippen MR) is 91.9 cm³/mol. The molecule has 23 heavy (non-hydrogen) atoms. The smallest absolute Gasteiger partial charge is 0.310 e. The van der Waals surface area contributed by atoms with Gasteiger partial charge in [-0.3, -0.25) is 9.59 Å². The van der Waals surface area contributed by atoms with Crippen molar-refractivity contribution in [1.82, 2.24) is 0 Å². The first-order valence-electron chi connectivity index (χ1n) is 6.45. The number of benzene rings is 2. The van der Waals surface area contributed by atoms with E-state index in [2.05, 4.69) is 0 Å². The zero-order valence-electron chi connectivity index (χ0n) is 11.6. The van der Waals surface area contributed by atoms with Crippen molar-refractivity contribution in [2.24, 2.45) is 0 Å². The molecule has 2 aromatic carbocycles. The molecule has 0 aliphatic heterocycles. The molecule has 2 aromatic rings. The molecule has 3 nitrogen and oxygen atoms in total. The maximum atomic E-state index is 12.0. The van der Waals surface area contributed by atoms with E-state index >= 15 is 0 Å². The van der Waals surface area contributed by atoms with Crippen LogP contribution in [0.3, 0.4) is 0 Å². The molecular formula is C16H10Cl4O3. The second kappa shape index (κ2) is 8.02. The molecule has 0 aromatic heterocycles. The molecule has 0 heterocycles. The van der Waals surface area contributed by atoms with Crippen molar-refractivity contribution in [3.05, 3.63) is 67.6 Å². The summed E-state index contributed by atoms with van der Waals surface area (Å²) in [6.07, 6.45) is -0.118. The van der Waals surface area contributed by atoms with Gasteiger partial charge in [0.05, 0.1) is 16.5 Å². The molecule has 2 rings (SSSR count). The number of rotatable bonds is 5. The van der Waals surface area contributed by atoms with Crippen LogP contribution in [0.1, 0.15) is 15.9 Å². The second-order valence-corrected chi connectivity index (χ2v) is 6.22. The third-order valence-electron chi connectivity index (χ3n) is 2.99. The molecule has 0 radical (unpaired) electrons. The maximum Gasteiger partial charge on any atom is 0.310 e. The number of hydrogen-bond acceptors (Lipinski definition) is 3. The molecule has 120 valence electrons. The highest BCUT2D eigenvalue weighted by molar-refractivity contribution is 6.42. The van der Waals surface area contributed by atoms with E-state index in [9.17, 15) is 9.59 Å². The SMILES string of the molecule is O=C(Cc1c(Cl)cccc1Cl)OCC(=O)c1ccc(Cl)c(Cl)c1. The first kappa shape index (κ1) is 18.1. The van der Waals surface area contributed by atoms with Crippen molar-refractivity contribution in [2.75, 3.05) is 6.61 Å². The number of ether oxygens (including phenoxy) is 1. The fourth-order valence-electron chi connectivity index (χ4n) is 1.80. The highest BCUT2D eigenvalue weighted by atomic mass is 35.5. The van der Waals surface area contributed by atoms with Gasteiger partial charge in [0.2, 0.25) is 0 Å². The van der Waals surface area contributed by atoms with Crippen LogP contribution in [-0.4, -0.2) is 18.4 Å². The molecule has 0 saturated carbocycles. The number of ketones is 1. The minimum Gasteiger partial charge on any atom is -0.457 e. The van der Waals surface area contributed by atoms with Gasteiger partial charge < -0.3 is 4.74 Å². The van der Waals surface area contributed by atoms with Crippen molar-refractivity contribution in [1.29, 1.82) is 0 Å². The lowest BCUT2D eigenvalue weighted by Gasteiger charge is -2.08. The second-order valence-electron chi connectivity index (χ2n) is 4.59. The van der Waals surface area contributed by atoms with Crippen LogP contribution in [0.25, 0.3) is 0 Å².